The molecule has 1 amide bonds. The van der Waals surface area contributed by atoms with Crippen LogP contribution in [-0.2, 0) is 6.42 Å². The SMILES string of the molecule is CCCc1nnsc1C(=O)N1CCN(c2nc(C)cc(Nc3ccc(OC)cc3)n2)CC1. The van der Waals surface area contributed by atoms with Crippen LogP contribution >= 0.6 is 11.5 Å². The van der Waals surface area contributed by atoms with E-state index in [0.29, 0.717) is 37.0 Å². The van der Waals surface area contributed by atoms with Gasteiger partial charge in [-0.3, -0.25) is 4.79 Å². The summed E-state index contributed by atoms with van der Waals surface area (Å²) in [6.45, 7) is 6.60. The van der Waals surface area contributed by atoms with Gasteiger partial charge < -0.3 is 19.9 Å². The molecule has 4 rings (SSSR count). The van der Waals surface area contributed by atoms with E-state index in [4.69, 9.17) is 9.72 Å². The number of methoxy groups -OCH3 is 1. The van der Waals surface area contributed by atoms with E-state index < -0.39 is 0 Å². The number of nitrogens with zero attached hydrogens (tertiary/aromatic N) is 6. The molecule has 168 valence electrons. The van der Waals surface area contributed by atoms with Crippen LogP contribution in [0, 0.1) is 6.92 Å². The van der Waals surface area contributed by atoms with E-state index in [1.165, 1.54) is 11.5 Å². The second-order valence-electron chi connectivity index (χ2n) is 7.63. The number of ether oxygens (including phenoxy) is 1. The monoisotopic (exact) mass is 453 g/mol. The fraction of sp³-hybridized carbons (Fsp3) is 0.409. The van der Waals surface area contributed by atoms with Crippen LogP contribution in [0.2, 0.25) is 0 Å². The van der Waals surface area contributed by atoms with Crippen LogP contribution in [-0.4, -0.2) is 63.7 Å². The number of amides is 1. The summed E-state index contributed by atoms with van der Waals surface area (Å²) in [6.07, 6.45) is 1.72. The van der Waals surface area contributed by atoms with Gasteiger partial charge in [0.05, 0.1) is 12.8 Å². The van der Waals surface area contributed by atoms with E-state index in [1.54, 1.807) is 7.11 Å². The van der Waals surface area contributed by atoms with Crippen LogP contribution in [0.1, 0.15) is 34.4 Å². The second kappa shape index (κ2) is 9.90. The molecule has 0 aliphatic carbocycles. The maximum atomic E-state index is 12.9. The molecule has 1 aromatic carbocycles. The number of piperazine rings is 1. The Hall–Kier alpha value is -3.27. The van der Waals surface area contributed by atoms with Crippen molar-refractivity contribution in [1.82, 2.24) is 24.5 Å². The van der Waals surface area contributed by atoms with E-state index in [1.807, 2.05) is 42.2 Å². The summed E-state index contributed by atoms with van der Waals surface area (Å²) in [6, 6.07) is 9.61. The second-order valence-corrected chi connectivity index (χ2v) is 8.38. The minimum absolute atomic E-state index is 0.0233. The van der Waals surface area contributed by atoms with Crippen LogP contribution in [0.4, 0.5) is 17.5 Å². The summed E-state index contributed by atoms with van der Waals surface area (Å²) < 4.78 is 9.19. The van der Waals surface area contributed by atoms with Crippen molar-refractivity contribution >= 4 is 34.9 Å². The molecule has 1 fully saturated rings. The lowest BCUT2D eigenvalue weighted by atomic mass is 10.2. The minimum Gasteiger partial charge on any atom is -0.497 e. The largest absolute Gasteiger partial charge is 0.497 e. The Labute approximate surface area is 191 Å². The van der Waals surface area contributed by atoms with Crippen molar-refractivity contribution < 1.29 is 9.53 Å². The Morgan fingerprint density at radius 1 is 1.16 bits per heavy atom. The predicted molar refractivity (Wildman–Crippen MR) is 125 cm³/mol. The van der Waals surface area contributed by atoms with Crippen LogP contribution in [0.25, 0.3) is 0 Å². The summed E-state index contributed by atoms with van der Waals surface area (Å²) >= 11 is 1.19. The van der Waals surface area contributed by atoms with E-state index >= 15 is 0 Å². The molecule has 1 saturated heterocycles. The van der Waals surface area contributed by atoms with Gasteiger partial charge in [0.25, 0.3) is 5.91 Å². The van der Waals surface area contributed by atoms with Gasteiger partial charge in [-0.1, -0.05) is 17.8 Å². The lowest BCUT2D eigenvalue weighted by molar-refractivity contribution is 0.0749. The predicted octanol–water partition coefficient (Wildman–Crippen LogP) is 3.30. The Kier molecular flexibility index (Phi) is 6.79. The Morgan fingerprint density at radius 3 is 2.59 bits per heavy atom. The van der Waals surface area contributed by atoms with Crippen molar-refractivity contribution in [2.45, 2.75) is 26.7 Å². The molecule has 32 heavy (non-hydrogen) atoms. The third-order valence-electron chi connectivity index (χ3n) is 5.29. The molecule has 9 nitrogen and oxygen atoms in total. The molecule has 10 heteroatoms. The van der Waals surface area contributed by atoms with Crippen LogP contribution in [0.3, 0.4) is 0 Å². The molecular weight excluding hydrogens is 426 g/mol. The molecule has 1 N–H and O–H groups in total. The molecule has 0 atom stereocenters. The van der Waals surface area contributed by atoms with Gasteiger partial charge in [-0.25, -0.2) is 4.98 Å². The van der Waals surface area contributed by atoms with Gasteiger partial charge in [-0.2, -0.15) is 4.98 Å². The van der Waals surface area contributed by atoms with Gasteiger partial charge in [-0.05, 0) is 49.1 Å². The maximum Gasteiger partial charge on any atom is 0.267 e. The first-order valence-electron chi connectivity index (χ1n) is 10.7. The maximum absolute atomic E-state index is 12.9. The number of nitrogens with one attached hydrogen (secondary N) is 1. The first kappa shape index (κ1) is 21.9. The molecule has 3 aromatic rings. The van der Waals surface area contributed by atoms with Gasteiger partial charge in [0, 0.05) is 43.6 Å². The van der Waals surface area contributed by atoms with Gasteiger partial charge in [-0.15, -0.1) is 5.10 Å². The smallest absolute Gasteiger partial charge is 0.267 e. The average Bonchev–Trinajstić information content (AvgIpc) is 3.27. The van der Waals surface area contributed by atoms with Crippen molar-refractivity contribution in [2.24, 2.45) is 0 Å². The van der Waals surface area contributed by atoms with Gasteiger partial charge in [0.2, 0.25) is 5.95 Å². The standard InChI is InChI=1S/C22H27N7O2S/c1-4-5-18-20(32-27-26-18)21(30)28-10-12-29(13-11-28)22-23-15(2)14-19(25-22)24-16-6-8-17(31-3)9-7-16/h6-9,14H,4-5,10-13H2,1-3H3,(H,23,24,25). The van der Waals surface area contributed by atoms with Crippen molar-refractivity contribution in [3.8, 4) is 5.75 Å². The highest BCUT2D eigenvalue weighted by atomic mass is 32.1. The molecular formula is C22H27N7O2S. The number of benzene rings is 1. The van der Waals surface area contributed by atoms with E-state index in [-0.39, 0.29) is 5.91 Å². The van der Waals surface area contributed by atoms with E-state index in [9.17, 15) is 4.79 Å². The third-order valence-corrected chi connectivity index (χ3v) is 6.05. The first-order valence-corrected chi connectivity index (χ1v) is 11.5. The quantitative estimate of drug-likeness (QED) is 0.582. The molecule has 1 aliphatic heterocycles. The topological polar surface area (TPSA) is 96.4 Å². The normalized spacial score (nSPS) is 13.8. The number of hydrogen-bond donors (Lipinski definition) is 1. The molecule has 0 saturated carbocycles. The Bertz CT molecular complexity index is 1060. The number of hydrogen-bond acceptors (Lipinski definition) is 9. The van der Waals surface area contributed by atoms with Gasteiger partial charge >= 0.3 is 0 Å². The van der Waals surface area contributed by atoms with E-state index in [2.05, 4.69) is 31.7 Å². The molecule has 0 bridgehead atoms. The summed E-state index contributed by atoms with van der Waals surface area (Å²) in [4.78, 5) is 26.9. The molecule has 2 aromatic heterocycles. The molecule has 1 aliphatic rings. The highest BCUT2D eigenvalue weighted by Crippen LogP contribution is 2.22. The minimum atomic E-state index is 0.0233. The number of carbonyl (C=O) groups is 1. The van der Waals surface area contributed by atoms with Crippen molar-refractivity contribution in [2.75, 3.05) is 43.5 Å². The van der Waals surface area contributed by atoms with Crippen molar-refractivity contribution in [1.29, 1.82) is 0 Å². The van der Waals surface area contributed by atoms with Crippen molar-refractivity contribution in [3.05, 3.63) is 46.6 Å². The third kappa shape index (κ3) is 4.96. The summed E-state index contributed by atoms with van der Waals surface area (Å²) in [7, 11) is 1.65. The lowest BCUT2D eigenvalue weighted by Gasteiger charge is -2.34. The summed E-state index contributed by atoms with van der Waals surface area (Å²) in [5.41, 5.74) is 2.61. The zero-order valence-electron chi connectivity index (χ0n) is 18.5. The van der Waals surface area contributed by atoms with Crippen molar-refractivity contribution in [3.63, 3.8) is 0 Å². The highest BCUT2D eigenvalue weighted by Gasteiger charge is 2.27. The number of aryl methyl sites for hydroxylation is 2. The zero-order valence-corrected chi connectivity index (χ0v) is 19.4. The molecule has 3 heterocycles. The molecule has 0 unspecified atom stereocenters. The lowest BCUT2D eigenvalue weighted by Crippen LogP contribution is -2.49. The number of aromatic nitrogens is 4. The molecule has 0 spiro atoms. The van der Waals surface area contributed by atoms with Crippen LogP contribution < -0.4 is 15.0 Å². The first-order chi connectivity index (χ1) is 15.6. The number of carbonyl (C=O) groups excluding carboxylic acids is 1. The summed E-state index contributed by atoms with van der Waals surface area (Å²) in [5, 5.41) is 7.45. The van der Waals surface area contributed by atoms with Gasteiger partial charge in [0.1, 0.15) is 16.4 Å². The fourth-order valence-electron chi connectivity index (χ4n) is 3.61. The Morgan fingerprint density at radius 2 is 1.91 bits per heavy atom. The van der Waals surface area contributed by atoms with Crippen LogP contribution in [0.15, 0.2) is 30.3 Å². The fourth-order valence-corrected chi connectivity index (χ4v) is 4.28. The highest BCUT2D eigenvalue weighted by molar-refractivity contribution is 7.08. The number of anilines is 3. The Balaban J connectivity index is 1.41. The average molecular weight is 454 g/mol. The van der Waals surface area contributed by atoms with E-state index in [0.717, 1.165) is 41.5 Å². The van der Waals surface area contributed by atoms with Crippen LogP contribution in [0.5, 0.6) is 5.75 Å². The van der Waals surface area contributed by atoms with Gasteiger partial charge in [0.15, 0.2) is 0 Å². The summed E-state index contributed by atoms with van der Waals surface area (Å²) in [5.74, 6) is 2.23. The number of rotatable bonds is 7. The molecule has 0 radical (unpaired) electrons. The zero-order chi connectivity index (χ0) is 22.5.